The van der Waals surface area contributed by atoms with Crippen molar-refractivity contribution in [2.24, 2.45) is 0 Å². The third-order valence-corrected chi connectivity index (χ3v) is 2.38. The highest BCUT2D eigenvalue weighted by Crippen LogP contribution is 2.22. The lowest BCUT2D eigenvalue weighted by molar-refractivity contribution is -0.139. The Labute approximate surface area is 94.2 Å². The first-order chi connectivity index (χ1) is 7.62. The number of carbonyl (C=O) groups excluding carboxylic acids is 2. The molecule has 4 heteroatoms. The monoisotopic (exact) mass is 222 g/mol. The maximum atomic E-state index is 11.2. The van der Waals surface area contributed by atoms with Gasteiger partial charge in [0.1, 0.15) is 5.75 Å². The Kier molecular flexibility index (Phi) is 4.05. The molecule has 16 heavy (non-hydrogen) atoms. The van der Waals surface area contributed by atoms with Crippen LogP contribution < -0.4 is 4.74 Å². The van der Waals surface area contributed by atoms with Crippen LogP contribution in [0.2, 0.25) is 0 Å². The number of carbonyl (C=O) groups is 2. The van der Waals surface area contributed by atoms with Gasteiger partial charge >= 0.3 is 5.97 Å². The normalized spacial score (nSPS) is 9.69. The van der Waals surface area contributed by atoms with Gasteiger partial charge < -0.3 is 9.47 Å². The van der Waals surface area contributed by atoms with Crippen molar-refractivity contribution >= 4 is 12.3 Å². The summed E-state index contributed by atoms with van der Waals surface area (Å²) in [6, 6.07) is 3.39. The zero-order valence-electron chi connectivity index (χ0n) is 9.57. The van der Waals surface area contributed by atoms with Crippen LogP contribution in [0.1, 0.15) is 21.5 Å². The molecule has 1 rings (SSSR count). The highest BCUT2D eigenvalue weighted by molar-refractivity contribution is 5.81. The van der Waals surface area contributed by atoms with Crippen LogP contribution in [-0.2, 0) is 16.0 Å². The van der Waals surface area contributed by atoms with E-state index in [4.69, 9.17) is 4.74 Å². The minimum absolute atomic E-state index is 0.178. The highest BCUT2D eigenvalue weighted by atomic mass is 16.5. The van der Waals surface area contributed by atoms with E-state index < -0.39 is 0 Å². The average molecular weight is 222 g/mol. The minimum Gasteiger partial charge on any atom is -0.496 e. The Balaban J connectivity index is 3.10. The van der Waals surface area contributed by atoms with Crippen molar-refractivity contribution in [2.75, 3.05) is 14.2 Å². The first-order valence-electron chi connectivity index (χ1n) is 4.82. The van der Waals surface area contributed by atoms with Crippen LogP contribution in [0.4, 0.5) is 0 Å². The molecule has 0 saturated heterocycles. The fourth-order valence-electron chi connectivity index (χ4n) is 1.44. The summed E-state index contributed by atoms with van der Waals surface area (Å²) in [6.45, 7) is 1.84. The van der Waals surface area contributed by atoms with Crippen LogP contribution in [0.5, 0.6) is 5.75 Å². The average Bonchev–Trinajstić information content (AvgIpc) is 2.30. The number of hydrogen-bond acceptors (Lipinski definition) is 4. The van der Waals surface area contributed by atoms with Gasteiger partial charge in [-0.25, -0.2) is 0 Å². The van der Waals surface area contributed by atoms with Crippen molar-refractivity contribution in [1.82, 2.24) is 0 Å². The second kappa shape index (κ2) is 5.30. The molecule has 1 aromatic carbocycles. The molecular formula is C12H14O4. The number of hydrogen-bond donors (Lipinski definition) is 0. The van der Waals surface area contributed by atoms with E-state index in [-0.39, 0.29) is 12.4 Å². The molecule has 1 aromatic rings. The maximum absolute atomic E-state index is 11.2. The third kappa shape index (κ3) is 2.59. The Morgan fingerprint density at radius 1 is 1.38 bits per heavy atom. The number of aryl methyl sites for hydroxylation is 1. The predicted molar refractivity (Wildman–Crippen MR) is 58.8 cm³/mol. The van der Waals surface area contributed by atoms with Crippen molar-refractivity contribution in [2.45, 2.75) is 13.3 Å². The lowest BCUT2D eigenvalue weighted by Crippen LogP contribution is -2.06. The van der Waals surface area contributed by atoms with Crippen LogP contribution in [-0.4, -0.2) is 26.5 Å². The van der Waals surface area contributed by atoms with Gasteiger partial charge in [-0.2, -0.15) is 0 Å². The number of rotatable bonds is 4. The molecule has 0 N–H and O–H groups in total. The van der Waals surface area contributed by atoms with E-state index in [2.05, 4.69) is 4.74 Å². The Hall–Kier alpha value is -1.84. The first-order valence-corrected chi connectivity index (χ1v) is 4.82. The fourth-order valence-corrected chi connectivity index (χ4v) is 1.44. The van der Waals surface area contributed by atoms with Gasteiger partial charge in [-0.1, -0.05) is 0 Å². The summed E-state index contributed by atoms with van der Waals surface area (Å²) in [5.41, 5.74) is 2.15. The largest absolute Gasteiger partial charge is 0.496 e. The summed E-state index contributed by atoms with van der Waals surface area (Å²) in [5, 5.41) is 0. The molecule has 86 valence electrons. The van der Waals surface area contributed by atoms with Gasteiger partial charge in [0.25, 0.3) is 0 Å². The molecule has 0 heterocycles. The van der Waals surface area contributed by atoms with E-state index in [0.717, 1.165) is 17.4 Å². The van der Waals surface area contributed by atoms with Crippen LogP contribution in [0.3, 0.4) is 0 Å². The zero-order valence-corrected chi connectivity index (χ0v) is 9.57. The lowest BCUT2D eigenvalue weighted by Gasteiger charge is -2.09. The SMILES string of the molecule is COC(=O)Cc1cc(OC)c(C=O)cc1C. The fraction of sp³-hybridized carbons (Fsp3) is 0.333. The lowest BCUT2D eigenvalue weighted by atomic mass is 10.0. The molecule has 0 spiro atoms. The Morgan fingerprint density at radius 2 is 2.06 bits per heavy atom. The molecule has 0 bridgehead atoms. The second-order valence-corrected chi connectivity index (χ2v) is 3.39. The van der Waals surface area contributed by atoms with Crippen molar-refractivity contribution < 1.29 is 19.1 Å². The molecule has 0 radical (unpaired) electrons. The molecule has 0 saturated carbocycles. The molecular weight excluding hydrogens is 208 g/mol. The number of aldehydes is 1. The van der Waals surface area contributed by atoms with E-state index in [1.54, 1.807) is 12.1 Å². The van der Waals surface area contributed by atoms with Gasteiger partial charge in [0.05, 0.1) is 26.2 Å². The molecule has 0 aliphatic heterocycles. The van der Waals surface area contributed by atoms with E-state index in [1.807, 2.05) is 6.92 Å². The molecule has 0 amide bonds. The van der Waals surface area contributed by atoms with E-state index in [0.29, 0.717) is 11.3 Å². The second-order valence-electron chi connectivity index (χ2n) is 3.39. The van der Waals surface area contributed by atoms with Crippen molar-refractivity contribution in [1.29, 1.82) is 0 Å². The molecule has 0 fully saturated rings. The van der Waals surface area contributed by atoms with E-state index >= 15 is 0 Å². The summed E-state index contributed by atoms with van der Waals surface area (Å²) >= 11 is 0. The quantitative estimate of drug-likeness (QED) is 0.572. The van der Waals surface area contributed by atoms with Crippen LogP contribution in [0.25, 0.3) is 0 Å². The number of esters is 1. The van der Waals surface area contributed by atoms with Crippen LogP contribution in [0.15, 0.2) is 12.1 Å². The molecule has 0 aliphatic rings. The van der Waals surface area contributed by atoms with Gasteiger partial charge in [0.15, 0.2) is 6.29 Å². The Bertz CT molecular complexity index is 410. The van der Waals surface area contributed by atoms with Crippen molar-refractivity contribution in [3.8, 4) is 5.75 Å². The van der Waals surface area contributed by atoms with Gasteiger partial charge in [0, 0.05) is 0 Å². The van der Waals surface area contributed by atoms with Crippen LogP contribution >= 0.6 is 0 Å². The molecule has 0 unspecified atom stereocenters. The van der Waals surface area contributed by atoms with Gasteiger partial charge in [0.2, 0.25) is 0 Å². The molecule has 0 atom stereocenters. The summed E-state index contributed by atoms with van der Waals surface area (Å²) < 4.78 is 9.65. The summed E-state index contributed by atoms with van der Waals surface area (Å²) in [5.74, 6) is 0.156. The standard InChI is InChI=1S/C12H14O4/c1-8-4-10(7-13)11(15-2)5-9(8)6-12(14)16-3/h4-5,7H,6H2,1-3H3. The van der Waals surface area contributed by atoms with Crippen LogP contribution in [0, 0.1) is 6.92 Å². The molecule has 0 aromatic heterocycles. The smallest absolute Gasteiger partial charge is 0.309 e. The summed E-state index contributed by atoms with van der Waals surface area (Å²) in [4.78, 5) is 21.9. The van der Waals surface area contributed by atoms with Gasteiger partial charge in [-0.05, 0) is 30.2 Å². The zero-order chi connectivity index (χ0) is 12.1. The first kappa shape index (κ1) is 12.2. The van der Waals surface area contributed by atoms with Gasteiger partial charge in [-0.3, -0.25) is 9.59 Å². The van der Waals surface area contributed by atoms with Gasteiger partial charge in [-0.15, -0.1) is 0 Å². The Morgan fingerprint density at radius 3 is 2.56 bits per heavy atom. The third-order valence-electron chi connectivity index (χ3n) is 2.38. The van der Waals surface area contributed by atoms with Crippen molar-refractivity contribution in [3.05, 3.63) is 28.8 Å². The number of methoxy groups -OCH3 is 2. The topological polar surface area (TPSA) is 52.6 Å². The summed E-state index contributed by atoms with van der Waals surface area (Å²) in [6.07, 6.45) is 0.908. The van der Waals surface area contributed by atoms with Crippen molar-refractivity contribution in [3.63, 3.8) is 0 Å². The number of ether oxygens (including phenoxy) is 2. The number of benzene rings is 1. The predicted octanol–water partition coefficient (Wildman–Crippen LogP) is 1.53. The molecule has 0 aliphatic carbocycles. The highest BCUT2D eigenvalue weighted by Gasteiger charge is 2.10. The summed E-state index contributed by atoms with van der Waals surface area (Å²) in [7, 11) is 2.83. The molecule has 4 nitrogen and oxygen atoms in total. The maximum Gasteiger partial charge on any atom is 0.309 e. The van der Waals surface area contributed by atoms with E-state index in [1.165, 1.54) is 14.2 Å². The minimum atomic E-state index is -0.316. The van der Waals surface area contributed by atoms with E-state index in [9.17, 15) is 9.59 Å².